The molecule has 4 nitrogen and oxygen atoms in total. The molecule has 1 fully saturated rings. The molecule has 1 unspecified atom stereocenters. The van der Waals surface area contributed by atoms with Crippen molar-refractivity contribution in [2.75, 3.05) is 37.6 Å². The summed E-state index contributed by atoms with van der Waals surface area (Å²) in [6, 6.07) is 6.79. The summed E-state index contributed by atoms with van der Waals surface area (Å²) in [5.41, 5.74) is 6.28. The van der Waals surface area contributed by atoms with Crippen molar-refractivity contribution in [3.8, 4) is 0 Å². The Morgan fingerprint density at radius 2 is 1.95 bits per heavy atom. The standard InChI is InChI=1S/C16H24FN3O/c1-2-13(12-18)11-16(21)20-9-7-19(8-10-20)15-6-4-3-5-14(15)17/h3-6,13H,2,7-12,18H2,1H3. The largest absolute Gasteiger partial charge is 0.366 e. The first kappa shape index (κ1) is 15.8. The first-order chi connectivity index (χ1) is 10.2. The number of carbonyl (C=O) groups is 1. The highest BCUT2D eigenvalue weighted by Crippen LogP contribution is 2.20. The summed E-state index contributed by atoms with van der Waals surface area (Å²) >= 11 is 0. The fourth-order valence-corrected chi connectivity index (χ4v) is 2.68. The average Bonchev–Trinajstić information content (AvgIpc) is 2.53. The van der Waals surface area contributed by atoms with Crippen LogP contribution in [0.3, 0.4) is 0 Å². The molecule has 21 heavy (non-hydrogen) atoms. The van der Waals surface area contributed by atoms with Crippen LogP contribution in [0.15, 0.2) is 24.3 Å². The predicted molar refractivity (Wildman–Crippen MR) is 82.6 cm³/mol. The molecule has 0 aromatic heterocycles. The first-order valence-electron chi connectivity index (χ1n) is 7.63. The third kappa shape index (κ3) is 3.94. The van der Waals surface area contributed by atoms with Gasteiger partial charge in [0.15, 0.2) is 0 Å². The molecular weight excluding hydrogens is 269 g/mol. The van der Waals surface area contributed by atoms with E-state index in [0.717, 1.165) is 6.42 Å². The Kier molecular flexibility index (Phi) is 5.56. The molecule has 1 aromatic rings. The molecule has 1 aliphatic rings. The smallest absolute Gasteiger partial charge is 0.223 e. The summed E-state index contributed by atoms with van der Waals surface area (Å²) in [6.07, 6.45) is 1.45. The van der Waals surface area contributed by atoms with Gasteiger partial charge in [-0.15, -0.1) is 0 Å². The van der Waals surface area contributed by atoms with Crippen LogP contribution >= 0.6 is 0 Å². The summed E-state index contributed by atoms with van der Waals surface area (Å²) in [6.45, 7) is 5.25. The molecule has 2 N–H and O–H groups in total. The second-order valence-electron chi connectivity index (χ2n) is 5.53. The minimum Gasteiger partial charge on any atom is -0.366 e. The number of hydrogen-bond acceptors (Lipinski definition) is 3. The van der Waals surface area contributed by atoms with E-state index in [1.54, 1.807) is 12.1 Å². The summed E-state index contributed by atoms with van der Waals surface area (Å²) in [5.74, 6) is 0.231. The lowest BCUT2D eigenvalue weighted by molar-refractivity contribution is -0.132. The SMILES string of the molecule is CCC(CN)CC(=O)N1CCN(c2ccccc2F)CC1. The van der Waals surface area contributed by atoms with Crippen LogP contribution in [0.4, 0.5) is 10.1 Å². The minimum absolute atomic E-state index is 0.167. The van der Waals surface area contributed by atoms with Crippen molar-refractivity contribution in [3.63, 3.8) is 0 Å². The van der Waals surface area contributed by atoms with Gasteiger partial charge in [0, 0.05) is 32.6 Å². The highest BCUT2D eigenvalue weighted by Gasteiger charge is 2.23. The zero-order valence-electron chi connectivity index (χ0n) is 12.6. The predicted octanol–water partition coefficient (Wildman–Crippen LogP) is 1.85. The highest BCUT2D eigenvalue weighted by atomic mass is 19.1. The number of para-hydroxylation sites is 1. The number of anilines is 1. The van der Waals surface area contributed by atoms with Gasteiger partial charge in [0.1, 0.15) is 5.82 Å². The van der Waals surface area contributed by atoms with Gasteiger partial charge in [-0.25, -0.2) is 4.39 Å². The van der Waals surface area contributed by atoms with Gasteiger partial charge < -0.3 is 15.5 Å². The maximum Gasteiger partial charge on any atom is 0.223 e. The maximum absolute atomic E-state index is 13.8. The number of carbonyl (C=O) groups excluding carboxylic acids is 1. The summed E-state index contributed by atoms with van der Waals surface area (Å²) in [5, 5.41) is 0. The number of rotatable bonds is 5. The molecule has 1 heterocycles. The molecule has 1 aromatic carbocycles. The van der Waals surface area contributed by atoms with E-state index in [0.29, 0.717) is 44.8 Å². The molecule has 1 amide bonds. The Bertz CT molecular complexity index is 468. The van der Waals surface area contributed by atoms with Gasteiger partial charge in [-0.1, -0.05) is 25.5 Å². The Labute approximate surface area is 125 Å². The normalized spacial score (nSPS) is 16.9. The van der Waals surface area contributed by atoms with E-state index in [1.165, 1.54) is 6.07 Å². The van der Waals surface area contributed by atoms with Crippen LogP contribution in [0.2, 0.25) is 0 Å². The van der Waals surface area contributed by atoms with Crippen LogP contribution in [0, 0.1) is 11.7 Å². The number of amides is 1. The second-order valence-corrected chi connectivity index (χ2v) is 5.53. The zero-order valence-corrected chi connectivity index (χ0v) is 12.6. The van der Waals surface area contributed by atoms with Crippen molar-refractivity contribution in [2.24, 2.45) is 11.7 Å². The number of hydrogen-bond donors (Lipinski definition) is 1. The Hall–Kier alpha value is -1.62. The molecular formula is C16H24FN3O. The van der Waals surface area contributed by atoms with E-state index < -0.39 is 0 Å². The Balaban J connectivity index is 1.88. The molecule has 0 aliphatic carbocycles. The Morgan fingerprint density at radius 1 is 1.29 bits per heavy atom. The van der Waals surface area contributed by atoms with E-state index in [-0.39, 0.29) is 17.6 Å². The fourth-order valence-electron chi connectivity index (χ4n) is 2.68. The van der Waals surface area contributed by atoms with E-state index in [1.807, 2.05) is 15.9 Å². The molecule has 1 saturated heterocycles. The number of piperazine rings is 1. The monoisotopic (exact) mass is 293 g/mol. The van der Waals surface area contributed by atoms with Gasteiger partial charge in [0.05, 0.1) is 5.69 Å². The van der Waals surface area contributed by atoms with Crippen LogP contribution in [0.25, 0.3) is 0 Å². The van der Waals surface area contributed by atoms with Crippen LogP contribution in [-0.2, 0) is 4.79 Å². The van der Waals surface area contributed by atoms with Crippen molar-refractivity contribution in [3.05, 3.63) is 30.1 Å². The number of benzene rings is 1. The van der Waals surface area contributed by atoms with Crippen LogP contribution in [0.1, 0.15) is 19.8 Å². The molecule has 1 aliphatic heterocycles. The van der Waals surface area contributed by atoms with Crippen LogP contribution < -0.4 is 10.6 Å². The molecule has 1 atom stereocenters. The third-order valence-corrected chi connectivity index (χ3v) is 4.20. The first-order valence-corrected chi connectivity index (χ1v) is 7.63. The Morgan fingerprint density at radius 3 is 2.52 bits per heavy atom. The lowest BCUT2D eigenvalue weighted by Crippen LogP contribution is -2.49. The fraction of sp³-hybridized carbons (Fsp3) is 0.562. The number of halogens is 1. The molecule has 116 valence electrons. The van der Waals surface area contributed by atoms with Crippen LogP contribution in [-0.4, -0.2) is 43.5 Å². The van der Waals surface area contributed by atoms with Gasteiger partial charge in [-0.3, -0.25) is 4.79 Å². The number of nitrogens with zero attached hydrogens (tertiary/aromatic N) is 2. The van der Waals surface area contributed by atoms with Crippen LogP contribution in [0.5, 0.6) is 0 Å². The molecule has 5 heteroatoms. The van der Waals surface area contributed by atoms with Gasteiger partial charge in [-0.2, -0.15) is 0 Å². The summed E-state index contributed by atoms with van der Waals surface area (Å²) < 4.78 is 13.8. The van der Waals surface area contributed by atoms with E-state index in [9.17, 15) is 9.18 Å². The van der Waals surface area contributed by atoms with Gasteiger partial charge in [-0.05, 0) is 24.6 Å². The highest BCUT2D eigenvalue weighted by molar-refractivity contribution is 5.76. The molecule has 2 rings (SSSR count). The molecule has 0 saturated carbocycles. The van der Waals surface area contributed by atoms with E-state index in [2.05, 4.69) is 6.92 Å². The van der Waals surface area contributed by atoms with Crippen molar-refractivity contribution < 1.29 is 9.18 Å². The topological polar surface area (TPSA) is 49.6 Å². The molecule has 0 radical (unpaired) electrons. The van der Waals surface area contributed by atoms with Crippen molar-refractivity contribution in [1.29, 1.82) is 0 Å². The molecule has 0 bridgehead atoms. The van der Waals surface area contributed by atoms with Gasteiger partial charge >= 0.3 is 0 Å². The lowest BCUT2D eigenvalue weighted by atomic mass is 10.0. The third-order valence-electron chi connectivity index (χ3n) is 4.20. The summed E-state index contributed by atoms with van der Waals surface area (Å²) in [7, 11) is 0. The second kappa shape index (κ2) is 7.41. The summed E-state index contributed by atoms with van der Waals surface area (Å²) in [4.78, 5) is 16.1. The van der Waals surface area contributed by atoms with Crippen molar-refractivity contribution in [1.82, 2.24) is 4.90 Å². The maximum atomic E-state index is 13.8. The van der Waals surface area contributed by atoms with E-state index in [4.69, 9.17) is 5.73 Å². The van der Waals surface area contributed by atoms with E-state index >= 15 is 0 Å². The average molecular weight is 293 g/mol. The minimum atomic E-state index is -0.202. The van der Waals surface area contributed by atoms with Crippen molar-refractivity contribution >= 4 is 11.6 Å². The van der Waals surface area contributed by atoms with Gasteiger partial charge in [0.25, 0.3) is 0 Å². The zero-order chi connectivity index (χ0) is 15.2. The van der Waals surface area contributed by atoms with Crippen molar-refractivity contribution in [2.45, 2.75) is 19.8 Å². The lowest BCUT2D eigenvalue weighted by Gasteiger charge is -2.36. The molecule has 0 spiro atoms. The quantitative estimate of drug-likeness (QED) is 0.901. The number of nitrogens with two attached hydrogens (primary N) is 1. The van der Waals surface area contributed by atoms with Gasteiger partial charge in [0.2, 0.25) is 5.91 Å².